The number of piperidine rings is 1. The number of amides is 2. The molecule has 0 radical (unpaired) electrons. The van der Waals surface area contributed by atoms with Crippen LogP contribution in [0.4, 0.5) is 17.3 Å². The summed E-state index contributed by atoms with van der Waals surface area (Å²) in [5.41, 5.74) is 6.00. The van der Waals surface area contributed by atoms with Crippen LogP contribution >= 0.6 is 0 Å². The van der Waals surface area contributed by atoms with E-state index >= 15 is 0 Å². The SMILES string of the molecule is CS(=O)(=O)c1ccc(Nc2nc(N3CCCC(NC(=O)C4CCNC4)C3)cnc2C(N)=O)cc1. The number of hydrogen-bond acceptors (Lipinski definition) is 9. The van der Waals surface area contributed by atoms with Crippen LogP contribution < -0.4 is 26.6 Å². The summed E-state index contributed by atoms with van der Waals surface area (Å²) in [4.78, 5) is 35.5. The number of primary amides is 1. The highest BCUT2D eigenvalue weighted by Gasteiger charge is 2.28. The Morgan fingerprint density at radius 1 is 1.21 bits per heavy atom. The molecular formula is C22H29N7O4S. The molecule has 1 aromatic heterocycles. The molecule has 0 aliphatic carbocycles. The molecule has 3 heterocycles. The van der Waals surface area contributed by atoms with Crippen molar-refractivity contribution in [3.8, 4) is 0 Å². The molecule has 0 saturated carbocycles. The third kappa shape index (κ3) is 5.62. The summed E-state index contributed by atoms with van der Waals surface area (Å²) in [6.07, 6.45) is 5.25. The first-order valence-electron chi connectivity index (χ1n) is 11.2. The number of nitrogens with two attached hydrogens (primary N) is 1. The van der Waals surface area contributed by atoms with E-state index in [9.17, 15) is 18.0 Å². The molecule has 2 saturated heterocycles. The lowest BCUT2D eigenvalue weighted by Crippen LogP contribution is -2.49. The van der Waals surface area contributed by atoms with Crippen LogP contribution in [-0.2, 0) is 14.6 Å². The summed E-state index contributed by atoms with van der Waals surface area (Å²) >= 11 is 0. The molecule has 1 aromatic carbocycles. The second kappa shape index (κ2) is 9.94. The fraction of sp³-hybridized carbons (Fsp3) is 0.455. The van der Waals surface area contributed by atoms with Gasteiger partial charge in [-0.15, -0.1) is 0 Å². The summed E-state index contributed by atoms with van der Waals surface area (Å²) < 4.78 is 23.4. The average molecular weight is 488 g/mol. The highest BCUT2D eigenvalue weighted by Crippen LogP contribution is 2.24. The predicted octanol–water partition coefficient (Wildman–Crippen LogP) is 0.417. The van der Waals surface area contributed by atoms with Gasteiger partial charge in [-0.1, -0.05) is 0 Å². The van der Waals surface area contributed by atoms with E-state index in [1.54, 1.807) is 12.1 Å². The Labute approximate surface area is 198 Å². The van der Waals surface area contributed by atoms with Gasteiger partial charge in [0.05, 0.1) is 17.0 Å². The van der Waals surface area contributed by atoms with Crippen molar-refractivity contribution in [1.29, 1.82) is 0 Å². The minimum atomic E-state index is -3.32. The Kier molecular flexibility index (Phi) is 6.98. The van der Waals surface area contributed by atoms with Crippen LogP contribution in [0.5, 0.6) is 0 Å². The number of carbonyl (C=O) groups excluding carboxylic acids is 2. The summed E-state index contributed by atoms with van der Waals surface area (Å²) in [6.45, 7) is 2.90. The number of carbonyl (C=O) groups is 2. The summed E-state index contributed by atoms with van der Waals surface area (Å²) in [5.74, 6) is 0.0899. The summed E-state index contributed by atoms with van der Waals surface area (Å²) in [6, 6.07) is 6.10. The molecule has 4 rings (SSSR count). The lowest BCUT2D eigenvalue weighted by molar-refractivity contribution is -0.125. The Balaban J connectivity index is 1.50. The molecule has 182 valence electrons. The fourth-order valence-electron chi connectivity index (χ4n) is 4.22. The largest absolute Gasteiger partial charge is 0.364 e. The van der Waals surface area contributed by atoms with Crippen LogP contribution in [0, 0.1) is 5.92 Å². The molecule has 5 N–H and O–H groups in total. The van der Waals surface area contributed by atoms with E-state index in [4.69, 9.17) is 5.73 Å². The number of aromatic nitrogens is 2. The topological polar surface area (TPSA) is 159 Å². The molecule has 0 bridgehead atoms. The van der Waals surface area contributed by atoms with Crippen molar-refractivity contribution in [3.05, 3.63) is 36.2 Å². The first kappa shape index (κ1) is 23.9. The highest BCUT2D eigenvalue weighted by molar-refractivity contribution is 7.90. The first-order chi connectivity index (χ1) is 16.2. The number of nitrogens with zero attached hydrogens (tertiary/aromatic N) is 3. The van der Waals surface area contributed by atoms with Gasteiger partial charge in [0, 0.05) is 37.6 Å². The van der Waals surface area contributed by atoms with Crippen molar-refractivity contribution < 1.29 is 18.0 Å². The second-order valence-corrected chi connectivity index (χ2v) is 10.7. The molecule has 2 fully saturated rings. The van der Waals surface area contributed by atoms with Crippen molar-refractivity contribution in [2.45, 2.75) is 30.2 Å². The van der Waals surface area contributed by atoms with E-state index in [-0.39, 0.29) is 34.3 Å². The molecular weight excluding hydrogens is 458 g/mol. The van der Waals surface area contributed by atoms with Gasteiger partial charge in [-0.2, -0.15) is 0 Å². The summed E-state index contributed by atoms with van der Waals surface area (Å²) in [7, 11) is -3.32. The van der Waals surface area contributed by atoms with Gasteiger partial charge in [0.2, 0.25) is 5.91 Å². The second-order valence-electron chi connectivity index (χ2n) is 8.69. The quantitative estimate of drug-likeness (QED) is 0.434. The minimum absolute atomic E-state index is 0.000543. The Bertz CT molecular complexity index is 1160. The van der Waals surface area contributed by atoms with Crippen molar-refractivity contribution in [2.24, 2.45) is 11.7 Å². The number of nitrogens with one attached hydrogen (secondary N) is 3. The third-order valence-electron chi connectivity index (χ3n) is 6.06. The molecule has 0 spiro atoms. The van der Waals surface area contributed by atoms with Crippen LogP contribution in [0.3, 0.4) is 0 Å². The first-order valence-corrected chi connectivity index (χ1v) is 13.1. The van der Waals surface area contributed by atoms with Crippen LogP contribution in [0.25, 0.3) is 0 Å². The monoisotopic (exact) mass is 487 g/mol. The van der Waals surface area contributed by atoms with Gasteiger partial charge >= 0.3 is 0 Å². The van der Waals surface area contributed by atoms with Crippen LogP contribution in [-0.4, -0.2) is 68.7 Å². The van der Waals surface area contributed by atoms with Gasteiger partial charge in [0.25, 0.3) is 5.91 Å². The molecule has 2 aliphatic heterocycles. The van der Waals surface area contributed by atoms with E-state index in [0.717, 1.165) is 38.6 Å². The number of hydrogen-bond donors (Lipinski definition) is 4. The average Bonchev–Trinajstić information content (AvgIpc) is 3.34. The zero-order valence-corrected chi connectivity index (χ0v) is 19.8. The lowest BCUT2D eigenvalue weighted by Gasteiger charge is -2.34. The Morgan fingerprint density at radius 2 is 1.97 bits per heavy atom. The zero-order chi connectivity index (χ0) is 24.3. The molecule has 34 heavy (non-hydrogen) atoms. The number of sulfone groups is 1. The van der Waals surface area contributed by atoms with Gasteiger partial charge in [0.1, 0.15) is 5.82 Å². The van der Waals surface area contributed by atoms with Crippen LogP contribution in [0.1, 0.15) is 29.8 Å². The molecule has 12 heteroatoms. The molecule has 2 atom stereocenters. The lowest BCUT2D eigenvalue weighted by atomic mass is 10.0. The van der Waals surface area contributed by atoms with Crippen molar-refractivity contribution in [3.63, 3.8) is 0 Å². The van der Waals surface area contributed by atoms with Gasteiger partial charge in [0.15, 0.2) is 21.3 Å². The third-order valence-corrected chi connectivity index (χ3v) is 7.19. The van der Waals surface area contributed by atoms with E-state index in [0.29, 0.717) is 24.6 Å². The smallest absolute Gasteiger partial charge is 0.271 e. The molecule has 2 amide bonds. The Morgan fingerprint density at radius 3 is 2.62 bits per heavy atom. The Hall–Kier alpha value is -3.25. The van der Waals surface area contributed by atoms with Crippen LogP contribution in [0.2, 0.25) is 0 Å². The maximum atomic E-state index is 12.5. The molecule has 2 unspecified atom stereocenters. The zero-order valence-electron chi connectivity index (χ0n) is 19.0. The fourth-order valence-corrected chi connectivity index (χ4v) is 4.85. The summed E-state index contributed by atoms with van der Waals surface area (Å²) in [5, 5.41) is 9.39. The normalized spacial score (nSPS) is 20.7. The maximum Gasteiger partial charge on any atom is 0.271 e. The van der Waals surface area contributed by atoms with Gasteiger partial charge < -0.3 is 26.6 Å². The van der Waals surface area contributed by atoms with Crippen LogP contribution in [0.15, 0.2) is 35.4 Å². The minimum Gasteiger partial charge on any atom is -0.364 e. The van der Waals surface area contributed by atoms with E-state index < -0.39 is 15.7 Å². The van der Waals surface area contributed by atoms with E-state index in [2.05, 4.69) is 25.9 Å². The number of benzene rings is 1. The number of anilines is 3. The van der Waals surface area contributed by atoms with Gasteiger partial charge in [-0.3, -0.25) is 9.59 Å². The molecule has 2 aliphatic rings. The van der Waals surface area contributed by atoms with E-state index in [1.165, 1.54) is 18.3 Å². The van der Waals surface area contributed by atoms with Gasteiger partial charge in [-0.05, 0) is 50.1 Å². The van der Waals surface area contributed by atoms with Crippen molar-refractivity contribution >= 4 is 39.0 Å². The van der Waals surface area contributed by atoms with Gasteiger partial charge in [-0.25, -0.2) is 18.4 Å². The van der Waals surface area contributed by atoms with E-state index in [1.807, 2.05) is 4.90 Å². The standard InChI is InChI=1S/C22H29N7O4S/c1-34(32,33)17-6-4-15(5-7-17)26-21-19(20(23)30)25-12-18(28-21)29-10-2-3-16(13-29)27-22(31)14-8-9-24-11-14/h4-7,12,14,16,24H,2-3,8-11,13H2,1H3,(H2,23,30)(H,26,28)(H,27,31). The van der Waals surface area contributed by atoms with Crippen molar-refractivity contribution in [2.75, 3.05) is 42.7 Å². The maximum absolute atomic E-state index is 12.5. The predicted molar refractivity (Wildman–Crippen MR) is 128 cm³/mol. The highest BCUT2D eigenvalue weighted by atomic mass is 32.2. The molecule has 2 aromatic rings. The number of rotatable bonds is 7. The van der Waals surface area contributed by atoms with Crippen molar-refractivity contribution in [1.82, 2.24) is 20.6 Å². The molecule has 11 nitrogen and oxygen atoms in total.